The Labute approximate surface area is 213 Å². The molecular formula is C25H19F3N8O2. The summed E-state index contributed by atoms with van der Waals surface area (Å²) < 4.78 is 42.9. The van der Waals surface area contributed by atoms with Gasteiger partial charge in [0.05, 0.1) is 24.0 Å². The number of anilines is 3. The summed E-state index contributed by atoms with van der Waals surface area (Å²) in [6.45, 7) is -0.209. The number of benzene rings is 2. The number of halogens is 3. The fourth-order valence-electron chi connectivity index (χ4n) is 3.99. The van der Waals surface area contributed by atoms with Gasteiger partial charge in [0.1, 0.15) is 28.7 Å². The van der Waals surface area contributed by atoms with Gasteiger partial charge in [-0.15, -0.1) is 0 Å². The van der Waals surface area contributed by atoms with Crippen molar-refractivity contribution in [3.8, 4) is 5.95 Å². The third-order valence-corrected chi connectivity index (χ3v) is 5.74. The Hall–Kier alpha value is -5.20. The highest BCUT2D eigenvalue weighted by Gasteiger charge is 2.25. The molecular weight excluding hydrogens is 501 g/mol. The molecule has 3 aromatic heterocycles. The lowest BCUT2D eigenvalue weighted by molar-refractivity contribution is 0.201. The number of pyridine rings is 1. The highest BCUT2D eigenvalue weighted by atomic mass is 19.1. The van der Waals surface area contributed by atoms with Crippen molar-refractivity contribution in [2.75, 3.05) is 16.4 Å². The lowest BCUT2D eigenvalue weighted by Gasteiger charge is -2.22. The first kappa shape index (κ1) is 24.5. The van der Waals surface area contributed by atoms with Crippen molar-refractivity contribution in [2.45, 2.75) is 13.0 Å². The van der Waals surface area contributed by atoms with E-state index in [2.05, 4.69) is 20.1 Å². The monoisotopic (exact) mass is 520 g/mol. The van der Waals surface area contributed by atoms with Gasteiger partial charge in [0, 0.05) is 12.5 Å². The number of carboxylic acid groups (broad SMARTS) is 1. The second-order valence-electron chi connectivity index (χ2n) is 8.29. The van der Waals surface area contributed by atoms with Gasteiger partial charge in [-0.2, -0.15) is 19.7 Å². The predicted molar refractivity (Wildman–Crippen MR) is 133 cm³/mol. The van der Waals surface area contributed by atoms with Crippen LogP contribution in [-0.2, 0) is 13.0 Å². The van der Waals surface area contributed by atoms with E-state index in [9.17, 15) is 23.1 Å². The summed E-state index contributed by atoms with van der Waals surface area (Å²) in [5, 5.41) is 14.2. The molecule has 2 aromatic carbocycles. The van der Waals surface area contributed by atoms with Gasteiger partial charge in [0.2, 0.25) is 0 Å². The van der Waals surface area contributed by atoms with Gasteiger partial charge in [0.15, 0.2) is 11.6 Å². The number of rotatable bonds is 6. The predicted octanol–water partition coefficient (Wildman–Crippen LogP) is 4.07. The van der Waals surface area contributed by atoms with Gasteiger partial charge in [-0.1, -0.05) is 30.3 Å². The van der Waals surface area contributed by atoms with Crippen LogP contribution in [0.4, 0.5) is 35.3 Å². The van der Waals surface area contributed by atoms with Crippen molar-refractivity contribution < 1.29 is 23.1 Å². The quantitative estimate of drug-likeness (QED) is 0.303. The van der Waals surface area contributed by atoms with E-state index in [1.807, 2.05) is 0 Å². The molecule has 0 saturated heterocycles. The number of amides is 1. The van der Waals surface area contributed by atoms with Crippen LogP contribution in [0, 0.1) is 17.5 Å². The zero-order valence-corrected chi connectivity index (χ0v) is 19.5. The molecule has 10 nitrogen and oxygen atoms in total. The first-order valence-corrected chi connectivity index (χ1v) is 11.2. The number of fused-ring (bicyclic) bond motifs is 1. The Morgan fingerprint density at radius 1 is 0.974 bits per heavy atom. The van der Waals surface area contributed by atoms with Crippen molar-refractivity contribution in [1.29, 1.82) is 0 Å². The van der Waals surface area contributed by atoms with E-state index in [4.69, 9.17) is 11.5 Å². The standard InChI is InChI=1S/C25H19F3N8O2/c26-15-7-5-13(6-8-15)12-35(25(37)38)21-22(29)32-24(33-23(21)30)36-19-10-16(27)11-31-20(19)18(34-36)9-14-3-1-2-4-17(14)28/h1-8,10-11H,9,12H2,(H,37,38)(H4,29,30,32,33). The summed E-state index contributed by atoms with van der Waals surface area (Å²) in [5.74, 6) is -2.34. The third-order valence-electron chi connectivity index (χ3n) is 5.74. The zero-order valence-electron chi connectivity index (χ0n) is 19.5. The minimum absolute atomic E-state index is 0.0440. The van der Waals surface area contributed by atoms with Gasteiger partial charge in [-0.25, -0.2) is 22.9 Å². The molecule has 13 heteroatoms. The number of aromatic nitrogens is 5. The van der Waals surface area contributed by atoms with E-state index in [-0.39, 0.29) is 47.3 Å². The first-order valence-electron chi connectivity index (χ1n) is 11.2. The highest BCUT2D eigenvalue weighted by Crippen LogP contribution is 2.31. The lowest BCUT2D eigenvalue weighted by atomic mass is 10.1. The van der Waals surface area contributed by atoms with Crippen molar-refractivity contribution in [2.24, 2.45) is 0 Å². The fraction of sp³-hybridized carbons (Fsp3) is 0.0800. The van der Waals surface area contributed by atoms with E-state index in [1.165, 1.54) is 30.3 Å². The molecule has 0 bridgehead atoms. The molecule has 38 heavy (non-hydrogen) atoms. The number of hydrogen-bond donors (Lipinski definition) is 3. The number of nitrogens with two attached hydrogens (primary N) is 2. The normalized spacial score (nSPS) is 11.1. The van der Waals surface area contributed by atoms with E-state index >= 15 is 0 Å². The van der Waals surface area contributed by atoms with Crippen molar-refractivity contribution >= 4 is 34.4 Å². The van der Waals surface area contributed by atoms with E-state index in [0.717, 1.165) is 21.8 Å². The molecule has 5 N–H and O–H groups in total. The molecule has 192 valence electrons. The third kappa shape index (κ3) is 4.64. The number of nitrogen functional groups attached to an aromatic ring is 2. The largest absolute Gasteiger partial charge is 0.465 e. The van der Waals surface area contributed by atoms with Crippen LogP contribution in [0.5, 0.6) is 0 Å². The van der Waals surface area contributed by atoms with Gasteiger partial charge < -0.3 is 16.6 Å². The zero-order chi connectivity index (χ0) is 27.0. The summed E-state index contributed by atoms with van der Waals surface area (Å²) in [6, 6.07) is 12.5. The lowest BCUT2D eigenvalue weighted by Crippen LogP contribution is -2.31. The second kappa shape index (κ2) is 9.69. The van der Waals surface area contributed by atoms with Crippen molar-refractivity contribution in [3.63, 3.8) is 0 Å². The van der Waals surface area contributed by atoms with Crippen LogP contribution in [0.25, 0.3) is 17.0 Å². The van der Waals surface area contributed by atoms with Crippen LogP contribution in [-0.4, -0.2) is 35.9 Å². The Morgan fingerprint density at radius 3 is 2.32 bits per heavy atom. The van der Waals surface area contributed by atoms with Crippen molar-refractivity contribution in [1.82, 2.24) is 24.7 Å². The Balaban J connectivity index is 1.58. The van der Waals surface area contributed by atoms with E-state index in [1.54, 1.807) is 18.2 Å². The molecule has 0 aliphatic rings. The second-order valence-corrected chi connectivity index (χ2v) is 8.29. The first-order chi connectivity index (χ1) is 18.2. The van der Waals surface area contributed by atoms with Gasteiger partial charge >= 0.3 is 6.09 Å². The minimum atomic E-state index is -1.40. The highest BCUT2D eigenvalue weighted by molar-refractivity contribution is 5.94. The maximum atomic E-state index is 14.3. The smallest absolute Gasteiger partial charge is 0.412 e. The van der Waals surface area contributed by atoms with Crippen LogP contribution < -0.4 is 16.4 Å². The molecule has 0 spiro atoms. The van der Waals surface area contributed by atoms with Gasteiger partial charge in [-0.05, 0) is 29.3 Å². The Bertz CT molecular complexity index is 1650. The van der Waals surface area contributed by atoms with Crippen LogP contribution in [0.2, 0.25) is 0 Å². The topological polar surface area (TPSA) is 149 Å². The molecule has 0 atom stereocenters. The van der Waals surface area contributed by atoms with E-state index in [0.29, 0.717) is 16.8 Å². The van der Waals surface area contributed by atoms with Gasteiger partial charge in [-0.3, -0.25) is 4.90 Å². The number of hydrogen-bond acceptors (Lipinski definition) is 7. The Morgan fingerprint density at radius 2 is 1.66 bits per heavy atom. The number of nitrogens with zero attached hydrogens (tertiary/aromatic N) is 6. The molecule has 0 fully saturated rings. The summed E-state index contributed by atoms with van der Waals surface area (Å²) in [4.78, 5) is 25.3. The molecule has 1 amide bonds. The number of carbonyl (C=O) groups is 1. The molecule has 5 aromatic rings. The average Bonchev–Trinajstić information content (AvgIpc) is 3.22. The molecule has 3 heterocycles. The van der Waals surface area contributed by atoms with Crippen LogP contribution in [0.1, 0.15) is 16.8 Å². The maximum absolute atomic E-state index is 14.3. The average molecular weight is 520 g/mol. The molecule has 0 aliphatic heterocycles. The van der Waals surface area contributed by atoms with Gasteiger partial charge in [0.25, 0.3) is 5.95 Å². The molecule has 5 rings (SSSR count). The molecule has 0 aliphatic carbocycles. The SMILES string of the molecule is Nc1nc(-n2nc(Cc3ccccc3F)c3ncc(F)cc32)nc(N)c1N(Cc1ccc(F)cc1)C(=O)O. The van der Waals surface area contributed by atoms with Crippen LogP contribution in [0.3, 0.4) is 0 Å². The van der Waals surface area contributed by atoms with E-state index < -0.39 is 23.5 Å². The summed E-state index contributed by atoms with van der Waals surface area (Å²) in [7, 11) is 0. The fourth-order valence-corrected chi connectivity index (χ4v) is 3.99. The minimum Gasteiger partial charge on any atom is -0.465 e. The molecule has 0 saturated carbocycles. The van der Waals surface area contributed by atoms with Crippen molar-refractivity contribution in [3.05, 3.63) is 95.1 Å². The summed E-state index contributed by atoms with van der Waals surface area (Å²) in [6.07, 6.45) is -0.346. The summed E-state index contributed by atoms with van der Waals surface area (Å²) >= 11 is 0. The maximum Gasteiger partial charge on any atom is 0.412 e. The molecule has 0 radical (unpaired) electrons. The van der Waals surface area contributed by atoms with Crippen LogP contribution in [0.15, 0.2) is 60.8 Å². The Kier molecular flexibility index (Phi) is 6.24. The molecule has 0 unspecified atom stereocenters. The van der Waals surface area contributed by atoms with Crippen LogP contribution >= 0.6 is 0 Å². The summed E-state index contributed by atoms with van der Waals surface area (Å²) in [5.41, 5.74) is 13.6.